The molecule has 0 unspecified atom stereocenters. The lowest BCUT2D eigenvalue weighted by Gasteiger charge is -2.36. The van der Waals surface area contributed by atoms with Crippen LogP contribution in [0.3, 0.4) is 0 Å². The van der Waals surface area contributed by atoms with Crippen LogP contribution in [-0.2, 0) is 13.0 Å². The number of aromatic nitrogens is 3. The van der Waals surface area contributed by atoms with Crippen molar-refractivity contribution in [1.29, 1.82) is 0 Å². The topological polar surface area (TPSA) is 63.2 Å². The van der Waals surface area contributed by atoms with Crippen LogP contribution in [0.25, 0.3) is 10.9 Å². The molecule has 35 heavy (non-hydrogen) atoms. The lowest BCUT2D eigenvalue weighted by atomic mass is 9.91. The Morgan fingerprint density at radius 2 is 1.94 bits per heavy atom. The van der Waals surface area contributed by atoms with Crippen molar-refractivity contribution in [3.05, 3.63) is 80.5 Å². The Balaban J connectivity index is 1.73. The van der Waals surface area contributed by atoms with Gasteiger partial charge in [0.15, 0.2) is 11.6 Å². The fourth-order valence-corrected chi connectivity index (χ4v) is 5.27. The van der Waals surface area contributed by atoms with Crippen LogP contribution >= 0.6 is 15.9 Å². The Morgan fingerprint density at radius 1 is 1.20 bits per heavy atom. The van der Waals surface area contributed by atoms with Gasteiger partial charge in [0.1, 0.15) is 23.3 Å². The Morgan fingerprint density at radius 3 is 2.66 bits per heavy atom. The molecule has 1 aliphatic heterocycles. The molecule has 6 nitrogen and oxygen atoms in total. The first-order chi connectivity index (χ1) is 16.7. The Kier molecular flexibility index (Phi) is 5.86. The van der Waals surface area contributed by atoms with Gasteiger partial charge in [0.2, 0.25) is 0 Å². The van der Waals surface area contributed by atoms with E-state index >= 15 is 4.39 Å². The number of rotatable bonds is 4. The first-order valence-electron chi connectivity index (χ1n) is 11.1. The van der Waals surface area contributed by atoms with Crippen LogP contribution in [0.15, 0.2) is 34.8 Å². The Bertz CT molecular complexity index is 1480. The van der Waals surface area contributed by atoms with Crippen molar-refractivity contribution in [2.45, 2.75) is 32.9 Å². The van der Waals surface area contributed by atoms with Crippen molar-refractivity contribution in [2.24, 2.45) is 0 Å². The first-order valence-corrected chi connectivity index (χ1v) is 11.9. The zero-order valence-electron chi connectivity index (χ0n) is 19.3. The SMILES string of the molecule is CCn1nc(C)c(Br)c1C(=O)N1CCc2c([nH]c3ccc(OC)cc23)[C@@H]1c1cc(F)c(F)cc1F. The number of nitrogens with zero attached hydrogens (tertiary/aromatic N) is 3. The van der Waals surface area contributed by atoms with Gasteiger partial charge in [-0.15, -0.1) is 0 Å². The van der Waals surface area contributed by atoms with Crippen molar-refractivity contribution in [3.8, 4) is 5.75 Å². The average molecular weight is 547 g/mol. The van der Waals surface area contributed by atoms with E-state index in [9.17, 15) is 13.6 Å². The van der Waals surface area contributed by atoms with Gasteiger partial charge >= 0.3 is 0 Å². The minimum Gasteiger partial charge on any atom is -0.497 e. The number of fused-ring (bicyclic) bond motifs is 3. The summed E-state index contributed by atoms with van der Waals surface area (Å²) in [5, 5.41) is 5.27. The van der Waals surface area contributed by atoms with Gasteiger partial charge in [-0.05, 0) is 66.0 Å². The van der Waals surface area contributed by atoms with Gasteiger partial charge in [0.05, 0.1) is 17.3 Å². The molecule has 0 spiro atoms. The van der Waals surface area contributed by atoms with Gasteiger partial charge in [0.25, 0.3) is 5.91 Å². The van der Waals surface area contributed by atoms with Gasteiger partial charge in [-0.3, -0.25) is 9.48 Å². The molecule has 2 aromatic carbocycles. The van der Waals surface area contributed by atoms with Crippen molar-refractivity contribution in [1.82, 2.24) is 19.7 Å². The highest BCUT2D eigenvalue weighted by molar-refractivity contribution is 9.10. The van der Waals surface area contributed by atoms with E-state index in [4.69, 9.17) is 4.74 Å². The molecule has 1 aliphatic rings. The summed E-state index contributed by atoms with van der Waals surface area (Å²) >= 11 is 3.46. The Hall–Kier alpha value is -3.27. The number of aryl methyl sites for hydroxylation is 2. The zero-order chi connectivity index (χ0) is 25.0. The lowest BCUT2D eigenvalue weighted by molar-refractivity contribution is 0.0675. The van der Waals surface area contributed by atoms with Gasteiger partial charge in [-0.1, -0.05) is 0 Å². The summed E-state index contributed by atoms with van der Waals surface area (Å²) in [5.41, 5.74) is 3.02. The van der Waals surface area contributed by atoms with Gasteiger partial charge in [-0.25, -0.2) is 13.2 Å². The minimum atomic E-state index is -1.29. The number of methoxy groups -OCH3 is 1. The fraction of sp³-hybridized carbons (Fsp3) is 0.280. The maximum absolute atomic E-state index is 15.1. The van der Waals surface area contributed by atoms with Crippen LogP contribution in [0.5, 0.6) is 5.75 Å². The third kappa shape index (κ3) is 3.71. The highest BCUT2D eigenvalue weighted by Crippen LogP contribution is 2.41. The predicted octanol–water partition coefficient (Wildman–Crippen LogP) is 5.67. The monoisotopic (exact) mass is 546 g/mol. The second kappa shape index (κ2) is 8.75. The predicted molar refractivity (Wildman–Crippen MR) is 128 cm³/mol. The molecule has 0 saturated heterocycles. The van der Waals surface area contributed by atoms with E-state index in [1.165, 1.54) is 4.90 Å². The standard InChI is InChI=1S/C25H22BrF3N4O2/c1-4-33-24(21(26)12(2)31-33)25(34)32-8-7-14-15-9-13(35-3)5-6-20(15)30-22(14)23(32)16-10-18(28)19(29)11-17(16)27/h5-6,9-11,23,30H,4,7-8H2,1-3H3/t23-/m0/s1. The number of benzene rings is 2. The number of aromatic amines is 1. The third-order valence-corrected chi connectivity index (χ3v) is 7.44. The molecule has 0 saturated carbocycles. The van der Waals surface area contributed by atoms with Crippen LogP contribution in [0.1, 0.15) is 46.0 Å². The average Bonchev–Trinajstić information content (AvgIpc) is 3.36. The summed E-state index contributed by atoms with van der Waals surface area (Å²) in [4.78, 5) is 18.7. The van der Waals surface area contributed by atoms with E-state index in [1.807, 2.05) is 19.1 Å². The summed E-state index contributed by atoms with van der Waals surface area (Å²) in [6.07, 6.45) is 0.479. The molecular formula is C25H22BrF3N4O2. The number of hydrogen-bond acceptors (Lipinski definition) is 3. The first kappa shape index (κ1) is 23.5. The maximum Gasteiger partial charge on any atom is 0.274 e. The molecule has 10 heteroatoms. The molecule has 0 bridgehead atoms. The lowest BCUT2D eigenvalue weighted by Crippen LogP contribution is -2.42. The maximum atomic E-state index is 15.1. The third-order valence-electron chi connectivity index (χ3n) is 6.49. The van der Waals surface area contributed by atoms with Crippen LogP contribution in [0.4, 0.5) is 13.2 Å². The van der Waals surface area contributed by atoms with E-state index in [0.717, 1.165) is 22.5 Å². The van der Waals surface area contributed by atoms with E-state index in [2.05, 4.69) is 26.0 Å². The van der Waals surface area contributed by atoms with E-state index < -0.39 is 29.4 Å². The molecule has 1 atom stereocenters. The number of halogens is 4. The van der Waals surface area contributed by atoms with Crippen molar-refractivity contribution >= 4 is 32.7 Å². The van der Waals surface area contributed by atoms with Crippen molar-refractivity contribution < 1.29 is 22.7 Å². The summed E-state index contributed by atoms with van der Waals surface area (Å²) < 4.78 is 50.8. The summed E-state index contributed by atoms with van der Waals surface area (Å²) in [6.45, 7) is 4.32. The van der Waals surface area contributed by atoms with Crippen LogP contribution < -0.4 is 4.74 Å². The van der Waals surface area contributed by atoms with Gasteiger partial charge in [-0.2, -0.15) is 5.10 Å². The molecule has 1 amide bonds. The highest BCUT2D eigenvalue weighted by atomic mass is 79.9. The smallest absolute Gasteiger partial charge is 0.274 e. The highest BCUT2D eigenvalue weighted by Gasteiger charge is 2.39. The van der Waals surface area contributed by atoms with Crippen molar-refractivity contribution in [3.63, 3.8) is 0 Å². The number of ether oxygens (including phenoxy) is 1. The number of nitrogens with one attached hydrogen (secondary N) is 1. The number of carbonyl (C=O) groups excluding carboxylic acids is 1. The molecule has 2 aromatic heterocycles. The van der Waals surface area contributed by atoms with Crippen LogP contribution in [0, 0.1) is 24.4 Å². The second-order valence-corrected chi connectivity index (χ2v) is 9.22. The Labute approximate surface area is 207 Å². The molecule has 5 rings (SSSR count). The van der Waals surface area contributed by atoms with Crippen LogP contribution in [0.2, 0.25) is 0 Å². The molecular weight excluding hydrogens is 525 g/mol. The molecule has 0 fully saturated rings. The van der Waals surface area contributed by atoms with E-state index in [0.29, 0.717) is 46.3 Å². The van der Waals surface area contributed by atoms with Gasteiger partial charge in [0, 0.05) is 41.3 Å². The number of carbonyl (C=O) groups is 1. The normalized spacial score (nSPS) is 15.5. The number of hydrogen-bond donors (Lipinski definition) is 1. The minimum absolute atomic E-state index is 0.132. The fourth-order valence-electron chi connectivity index (χ4n) is 4.81. The molecule has 182 valence electrons. The number of H-pyrrole nitrogens is 1. The molecule has 0 radical (unpaired) electrons. The van der Waals surface area contributed by atoms with E-state index in [-0.39, 0.29) is 12.1 Å². The van der Waals surface area contributed by atoms with Crippen molar-refractivity contribution in [2.75, 3.05) is 13.7 Å². The summed E-state index contributed by atoms with van der Waals surface area (Å²) in [6, 6.07) is 5.83. The molecule has 3 heterocycles. The summed E-state index contributed by atoms with van der Waals surface area (Å²) in [7, 11) is 1.57. The molecule has 4 aromatic rings. The summed E-state index contributed by atoms with van der Waals surface area (Å²) in [5.74, 6) is -3.15. The van der Waals surface area contributed by atoms with Crippen LogP contribution in [-0.4, -0.2) is 39.2 Å². The molecule has 1 N–H and O–H groups in total. The molecule has 0 aliphatic carbocycles. The number of amides is 1. The zero-order valence-corrected chi connectivity index (χ0v) is 20.8. The van der Waals surface area contributed by atoms with E-state index in [1.54, 1.807) is 24.8 Å². The quantitative estimate of drug-likeness (QED) is 0.335. The van der Waals surface area contributed by atoms with Gasteiger partial charge < -0.3 is 14.6 Å². The largest absolute Gasteiger partial charge is 0.497 e. The second-order valence-electron chi connectivity index (χ2n) is 8.43.